The molecule has 0 aliphatic carbocycles. The van der Waals surface area contributed by atoms with Crippen LogP contribution in [0.5, 0.6) is 0 Å². The predicted molar refractivity (Wildman–Crippen MR) is 63.6 cm³/mol. The molecule has 1 aliphatic heterocycles. The number of likely N-dealkylation sites (tertiary alicyclic amines) is 1. The summed E-state index contributed by atoms with van der Waals surface area (Å²) in [6, 6.07) is 6.45. The van der Waals surface area contributed by atoms with E-state index in [2.05, 4.69) is 16.7 Å². The molecule has 0 aromatic heterocycles. The lowest BCUT2D eigenvalue weighted by atomic mass is 10.1. The zero-order valence-corrected chi connectivity index (χ0v) is 9.38. The number of rotatable bonds is 1. The average molecular weight is 217 g/mol. The normalized spacial score (nSPS) is 16.6. The zero-order valence-electron chi connectivity index (χ0n) is 9.38. The van der Waals surface area contributed by atoms with Crippen LogP contribution in [0.1, 0.15) is 24.8 Å². The van der Waals surface area contributed by atoms with Crippen LogP contribution >= 0.6 is 0 Å². The highest BCUT2D eigenvalue weighted by molar-refractivity contribution is 5.34. The maximum Gasteiger partial charge on any atom is 0.124 e. The summed E-state index contributed by atoms with van der Waals surface area (Å²) in [5.74, 6) is 5.89. The fraction of sp³-hybridized carbons (Fsp3) is 0.429. The Balaban J connectivity index is 1.89. The maximum atomic E-state index is 12.9. The minimum absolute atomic E-state index is 0.218. The monoisotopic (exact) mass is 217 g/mol. The largest absolute Gasteiger partial charge is 0.292 e. The second kappa shape index (κ2) is 5.67. The van der Waals surface area contributed by atoms with Crippen molar-refractivity contribution in [1.29, 1.82) is 0 Å². The van der Waals surface area contributed by atoms with Crippen LogP contribution in [-0.2, 0) is 0 Å². The van der Waals surface area contributed by atoms with Crippen molar-refractivity contribution in [2.45, 2.75) is 19.3 Å². The van der Waals surface area contributed by atoms with Crippen molar-refractivity contribution >= 4 is 0 Å². The molecular weight excluding hydrogens is 201 g/mol. The first kappa shape index (κ1) is 11.2. The Morgan fingerprint density at radius 1 is 1.19 bits per heavy atom. The Labute approximate surface area is 96.3 Å². The van der Waals surface area contributed by atoms with Gasteiger partial charge in [0.2, 0.25) is 0 Å². The van der Waals surface area contributed by atoms with Gasteiger partial charge in [0, 0.05) is 5.56 Å². The molecule has 1 aromatic rings. The minimum Gasteiger partial charge on any atom is -0.292 e. The second-order valence-electron chi connectivity index (χ2n) is 4.15. The Bertz CT molecular complexity index is 397. The summed E-state index contributed by atoms with van der Waals surface area (Å²) >= 11 is 0. The zero-order chi connectivity index (χ0) is 11.2. The fourth-order valence-electron chi connectivity index (χ4n) is 1.94. The lowest BCUT2D eigenvalue weighted by Crippen LogP contribution is -2.29. The summed E-state index contributed by atoms with van der Waals surface area (Å²) in [5.41, 5.74) is 0.761. The molecule has 2 rings (SSSR count). The summed E-state index contributed by atoms with van der Waals surface area (Å²) in [7, 11) is 0. The van der Waals surface area contributed by atoms with Gasteiger partial charge in [0.25, 0.3) is 0 Å². The van der Waals surface area contributed by atoms with Crippen LogP contribution in [0.25, 0.3) is 0 Å². The third-order valence-electron chi connectivity index (χ3n) is 2.81. The Morgan fingerprint density at radius 2 is 2.00 bits per heavy atom. The quantitative estimate of drug-likeness (QED) is 0.654. The van der Waals surface area contributed by atoms with Gasteiger partial charge in [0.05, 0.1) is 6.54 Å². The highest BCUT2D eigenvalue weighted by Crippen LogP contribution is 2.07. The first-order chi connectivity index (χ1) is 7.84. The van der Waals surface area contributed by atoms with Gasteiger partial charge in [-0.15, -0.1) is 0 Å². The Kier molecular flexibility index (Phi) is 3.96. The van der Waals surface area contributed by atoms with E-state index in [0.29, 0.717) is 0 Å². The summed E-state index contributed by atoms with van der Waals surface area (Å²) in [4.78, 5) is 2.36. The minimum atomic E-state index is -0.218. The Hall–Kier alpha value is -1.33. The topological polar surface area (TPSA) is 3.24 Å². The van der Waals surface area contributed by atoms with Gasteiger partial charge >= 0.3 is 0 Å². The SMILES string of the molecule is Fc1cccc(C#CCN2CCCCC2)c1. The van der Waals surface area contributed by atoms with Crippen molar-refractivity contribution in [3.8, 4) is 11.8 Å². The smallest absolute Gasteiger partial charge is 0.124 e. The van der Waals surface area contributed by atoms with Crippen molar-refractivity contribution in [3.05, 3.63) is 35.6 Å². The second-order valence-corrected chi connectivity index (χ2v) is 4.15. The molecule has 0 saturated carbocycles. The molecule has 1 fully saturated rings. The summed E-state index contributed by atoms with van der Waals surface area (Å²) in [5, 5.41) is 0. The van der Waals surface area contributed by atoms with Crippen molar-refractivity contribution in [2.75, 3.05) is 19.6 Å². The van der Waals surface area contributed by atoms with Gasteiger partial charge in [0.15, 0.2) is 0 Å². The van der Waals surface area contributed by atoms with E-state index in [9.17, 15) is 4.39 Å². The maximum absolute atomic E-state index is 12.9. The molecule has 1 aliphatic rings. The van der Waals surface area contributed by atoms with Gasteiger partial charge in [0.1, 0.15) is 5.82 Å². The summed E-state index contributed by atoms with van der Waals surface area (Å²) in [6.45, 7) is 3.10. The highest BCUT2D eigenvalue weighted by Gasteiger charge is 2.07. The molecule has 0 spiro atoms. The predicted octanol–water partition coefficient (Wildman–Crippen LogP) is 2.66. The van der Waals surface area contributed by atoms with E-state index in [4.69, 9.17) is 0 Å². The molecule has 1 aromatic carbocycles. The molecule has 84 valence electrons. The van der Waals surface area contributed by atoms with Gasteiger partial charge in [-0.25, -0.2) is 4.39 Å². The molecule has 2 heteroatoms. The third kappa shape index (κ3) is 3.36. The number of nitrogens with zero attached hydrogens (tertiary/aromatic N) is 1. The standard InChI is InChI=1S/C14H16FN/c15-14-8-4-6-13(12-14)7-5-11-16-9-2-1-3-10-16/h4,6,8,12H,1-3,9-11H2. The first-order valence-electron chi connectivity index (χ1n) is 5.81. The molecule has 1 saturated heterocycles. The van der Waals surface area contributed by atoms with E-state index in [1.54, 1.807) is 6.07 Å². The van der Waals surface area contributed by atoms with Gasteiger partial charge in [-0.3, -0.25) is 4.90 Å². The Morgan fingerprint density at radius 3 is 2.75 bits per heavy atom. The lowest BCUT2D eigenvalue weighted by molar-refractivity contribution is 0.255. The van der Waals surface area contributed by atoms with E-state index in [1.807, 2.05) is 6.07 Å². The molecule has 0 amide bonds. The van der Waals surface area contributed by atoms with Crippen LogP contribution in [0.15, 0.2) is 24.3 Å². The molecule has 1 nitrogen and oxygen atoms in total. The molecule has 0 N–H and O–H groups in total. The average Bonchev–Trinajstić information content (AvgIpc) is 2.30. The van der Waals surface area contributed by atoms with E-state index in [-0.39, 0.29) is 5.82 Å². The third-order valence-corrected chi connectivity index (χ3v) is 2.81. The summed E-state index contributed by atoms with van der Waals surface area (Å²) in [6.07, 6.45) is 3.90. The van der Waals surface area contributed by atoms with Gasteiger partial charge in [-0.1, -0.05) is 24.3 Å². The molecular formula is C14H16FN. The number of hydrogen-bond acceptors (Lipinski definition) is 1. The molecule has 0 unspecified atom stereocenters. The van der Waals surface area contributed by atoms with Gasteiger partial charge < -0.3 is 0 Å². The van der Waals surface area contributed by atoms with E-state index >= 15 is 0 Å². The van der Waals surface area contributed by atoms with Crippen molar-refractivity contribution < 1.29 is 4.39 Å². The molecule has 16 heavy (non-hydrogen) atoms. The van der Waals surface area contributed by atoms with Crippen molar-refractivity contribution in [1.82, 2.24) is 4.90 Å². The number of piperidine rings is 1. The van der Waals surface area contributed by atoms with E-state index in [1.165, 1.54) is 31.4 Å². The highest BCUT2D eigenvalue weighted by atomic mass is 19.1. The van der Waals surface area contributed by atoms with Crippen LogP contribution in [0, 0.1) is 17.7 Å². The van der Waals surface area contributed by atoms with Crippen LogP contribution in [-0.4, -0.2) is 24.5 Å². The van der Waals surface area contributed by atoms with E-state index < -0.39 is 0 Å². The van der Waals surface area contributed by atoms with E-state index in [0.717, 1.165) is 25.2 Å². The summed E-state index contributed by atoms with van der Waals surface area (Å²) < 4.78 is 12.9. The molecule has 1 heterocycles. The van der Waals surface area contributed by atoms with Crippen LogP contribution in [0.2, 0.25) is 0 Å². The number of hydrogen-bond donors (Lipinski definition) is 0. The van der Waals surface area contributed by atoms with Crippen molar-refractivity contribution in [3.63, 3.8) is 0 Å². The van der Waals surface area contributed by atoms with Crippen molar-refractivity contribution in [2.24, 2.45) is 0 Å². The van der Waals surface area contributed by atoms with Crippen LogP contribution in [0.4, 0.5) is 4.39 Å². The van der Waals surface area contributed by atoms with Crippen LogP contribution in [0.3, 0.4) is 0 Å². The lowest BCUT2D eigenvalue weighted by Gasteiger charge is -2.23. The first-order valence-corrected chi connectivity index (χ1v) is 5.81. The fourth-order valence-corrected chi connectivity index (χ4v) is 1.94. The molecule has 0 atom stereocenters. The molecule has 0 bridgehead atoms. The van der Waals surface area contributed by atoms with Crippen LogP contribution < -0.4 is 0 Å². The number of benzene rings is 1. The van der Waals surface area contributed by atoms with Gasteiger partial charge in [-0.05, 0) is 44.1 Å². The number of halogens is 1. The molecule has 0 radical (unpaired) electrons. The van der Waals surface area contributed by atoms with Gasteiger partial charge in [-0.2, -0.15) is 0 Å².